The number of nitrogens with two attached hydrogens (primary N) is 1. The van der Waals surface area contributed by atoms with E-state index in [1.807, 2.05) is 20.2 Å². The van der Waals surface area contributed by atoms with Gasteiger partial charge in [0.25, 0.3) is 0 Å². The molecule has 1 heterocycles. The van der Waals surface area contributed by atoms with Crippen LogP contribution in [0.4, 0.5) is 10.1 Å². The standard InChI is InChI=1S/C14H20FN5/c1-20(2)10-8-14(16)7-9-17-13(19-14)18-12-5-3-11(15)4-6-12/h3-7,9H,8,10,16H2,1-2H3,(H2,17,18,19). The molecule has 0 fully saturated rings. The van der Waals surface area contributed by atoms with Crippen LogP contribution in [0.1, 0.15) is 6.42 Å². The zero-order valence-electron chi connectivity index (χ0n) is 11.7. The van der Waals surface area contributed by atoms with Crippen LogP contribution in [0.2, 0.25) is 0 Å². The second-order valence-corrected chi connectivity index (χ2v) is 5.11. The van der Waals surface area contributed by atoms with Crippen LogP contribution in [0.5, 0.6) is 0 Å². The molecule has 1 aliphatic heterocycles. The lowest BCUT2D eigenvalue weighted by molar-refractivity contribution is 0.352. The third kappa shape index (κ3) is 4.04. The van der Waals surface area contributed by atoms with Crippen molar-refractivity contribution in [2.24, 2.45) is 10.7 Å². The number of hydrogen-bond acceptors (Lipinski definition) is 5. The van der Waals surface area contributed by atoms with Crippen LogP contribution in [0, 0.1) is 5.82 Å². The van der Waals surface area contributed by atoms with Crippen molar-refractivity contribution in [1.82, 2.24) is 10.2 Å². The number of nitrogens with zero attached hydrogens (tertiary/aromatic N) is 2. The van der Waals surface area contributed by atoms with Crippen LogP contribution in [-0.2, 0) is 0 Å². The number of rotatable bonds is 4. The van der Waals surface area contributed by atoms with E-state index in [2.05, 4.69) is 20.5 Å². The molecule has 0 radical (unpaired) electrons. The summed E-state index contributed by atoms with van der Waals surface area (Å²) in [5.74, 6) is 0.286. The minimum Gasteiger partial charge on any atom is -0.333 e. The monoisotopic (exact) mass is 277 g/mol. The van der Waals surface area contributed by atoms with Gasteiger partial charge in [0.2, 0.25) is 5.96 Å². The summed E-state index contributed by atoms with van der Waals surface area (Å²) in [6.07, 6.45) is 4.33. The molecular weight excluding hydrogens is 257 g/mol. The summed E-state index contributed by atoms with van der Waals surface area (Å²) in [7, 11) is 3.99. The average molecular weight is 277 g/mol. The summed E-state index contributed by atoms with van der Waals surface area (Å²) in [5.41, 5.74) is 6.26. The van der Waals surface area contributed by atoms with E-state index in [9.17, 15) is 4.39 Å². The number of guanidine groups is 1. The van der Waals surface area contributed by atoms with E-state index in [0.29, 0.717) is 12.4 Å². The molecule has 0 aromatic heterocycles. The topological polar surface area (TPSA) is 65.7 Å². The van der Waals surface area contributed by atoms with Gasteiger partial charge in [0.15, 0.2) is 0 Å². The van der Waals surface area contributed by atoms with Gasteiger partial charge in [-0.3, -0.25) is 0 Å². The molecular formula is C14H20FN5. The lowest BCUT2D eigenvalue weighted by Crippen LogP contribution is -2.45. The summed E-state index contributed by atoms with van der Waals surface area (Å²) in [6.45, 7) is 0.841. The van der Waals surface area contributed by atoms with E-state index < -0.39 is 5.66 Å². The van der Waals surface area contributed by atoms with E-state index in [1.54, 1.807) is 18.3 Å². The zero-order chi connectivity index (χ0) is 14.6. The van der Waals surface area contributed by atoms with Gasteiger partial charge < -0.3 is 21.3 Å². The summed E-state index contributed by atoms with van der Waals surface area (Å²) in [4.78, 5) is 6.53. The van der Waals surface area contributed by atoms with Crippen LogP contribution < -0.4 is 16.4 Å². The summed E-state index contributed by atoms with van der Waals surface area (Å²) in [6, 6.07) is 6.08. The molecule has 20 heavy (non-hydrogen) atoms. The predicted octanol–water partition coefficient (Wildman–Crippen LogP) is 1.32. The van der Waals surface area contributed by atoms with Crippen molar-refractivity contribution < 1.29 is 4.39 Å². The number of aliphatic imine (C=N–C) groups is 1. The highest BCUT2D eigenvalue weighted by atomic mass is 19.1. The van der Waals surface area contributed by atoms with Crippen molar-refractivity contribution in [3.63, 3.8) is 0 Å². The van der Waals surface area contributed by atoms with Gasteiger partial charge >= 0.3 is 0 Å². The van der Waals surface area contributed by atoms with Crippen LogP contribution in [0.25, 0.3) is 0 Å². The number of hydrogen-bond donors (Lipinski definition) is 3. The maximum absolute atomic E-state index is 12.9. The molecule has 4 N–H and O–H groups in total. The maximum Gasteiger partial charge on any atom is 0.202 e. The minimum atomic E-state index is -0.724. The first-order chi connectivity index (χ1) is 9.47. The van der Waals surface area contributed by atoms with Crippen LogP contribution in [-0.4, -0.2) is 37.2 Å². The average Bonchev–Trinajstić information content (AvgIpc) is 2.40. The molecule has 5 nitrogen and oxygen atoms in total. The molecule has 6 heteroatoms. The van der Waals surface area contributed by atoms with Gasteiger partial charge in [-0.15, -0.1) is 0 Å². The fourth-order valence-electron chi connectivity index (χ4n) is 1.82. The lowest BCUT2D eigenvalue weighted by atomic mass is 10.1. The van der Waals surface area contributed by atoms with Gasteiger partial charge in [0.1, 0.15) is 11.5 Å². The minimum absolute atomic E-state index is 0.270. The van der Waals surface area contributed by atoms with Gasteiger partial charge in [0, 0.05) is 24.9 Å². The summed E-state index contributed by atoms with van der Waals surface area (Å²) in [5, 5.41) is 6.07. The summed E-state index contributed by atoms with van der Waals surface area (Å²) >= 11 is 0. The molecule has 108 valence electrons. The van der Waals surface area contributed by atoms with E-state index >= 15 is 0 Å². The first kappa shape index (κ1) is 14.5. The second-order valence-electron chi connectivity index (χ2n) is 5.11. The zero-order valence-corrected chi connectivity index (χ0v) is 11.7. The predicted molar refractivity (Wildman–Crippen MR) is 79.8 cm³/mol. The van der Waals surface area contributed by atoms with Gasteiger partial charge in [-0.05, 0) is 44.4 Å². The molecule has 0 aliphatic carbocycles. The van der Waals surface area contributed by atoms with E-state index in [0.717, 1.165) is 12.2 Å². The Morgan fingerprint density at radius 3 is 2.70 bits per heavy atom. The molecule has 0 saturated carbocycles. The lowest BCUT2D eigenvalue weighted by Gasteiger charge is -2.27. The second kappa shape index (κ2) is 6.02. The van der Waals surface area contributed by atoms with Gasteiger partial charge in [0.05, 0.1) is 0 Å². The van der Waals surface area contributed by atoms with E-state index in [4.69, 9.17) is 5.73 Å². The van der Waals surface area contributed by atoms with Crippen molar-refractivity contribution in [1.29, 1.82) is 0 Å². The number of anilines is 1. The van der Waals surface area contributed by atoms with Crippen molar-refractivity contribution in [2.75, 3.05) is 26.0 Å². The Bertz CT molecular complexity index is 509. The molecule has 0 bridgehead atoms. The highest BCUT2D eigenvalue weighted by Gasteiger charge is 2.24. The molecule has 1 aromatic carbocycles. The van der Waals surface area contributed by atoms with Crippen molar-refractivity contribution in [2.45, 2.75) is 12.1 Å². The number of benzene rings is 1. The highest BCUT2D eigenvalue weighted by Crippen LogP contribution is 2.15. The molecule has 0 saturated heterocycles. The van der Waals surface area contributed by atoms with Crippen molar-refractivity contribution in [3.8, 4) is 0 Å². The molecule has 1 unspecified atom stereocenters. The maximum atomic E-state index is 12.9. The van der Waals surface area contributed by atoms with Gasteiger partial charge in [-0.25, -0.2) is 9.38 Å². The Morgan fingerprint density at radius 1 is 1.35 bits per heavy atom. The van der Waals surface area contributed by atoms with Crippen LogP contribution in [0.15, 0.2) is 41.5 Å². The molecule has 2 rings (SSSR count). The fraction of sp³-hybridized carbons (Fsp3) is 0.357. The van der Waals surface area contributed by atoms with Crippen LogP contribution >= 0.6 is 0 Å². The normalized spacial score (nSPS) is 21.6. The quantitative estimate of drug-likeness (QED) is 0.776. The number of halogens is 1. The number of nitrogens with one attached hydrogen (secondary N) is 2. The molecule has 0 spiro atoms. The SMILES string of the molecule is CN(C)CCC1(N)C=CNC(Nc2ccc(F)cc2)=N1. The Labute approximate surface area is 118 Å². The van der Waals surface area contributed by atoms with E-state index in [1.165, 1.54) is 12.1 Å². The fourth-order valence-corrected chi connectivity index (χ4v) is 1.82. The Morgan fingerprint density at radius 2 is 2.05 bits per heavy atom. The largest absolute Gasteiger partial charge is 0.333 e. The molecule has 1 aromatic rings. The van der Waals surface area contributed by atoms with Gasteiger partial charge in [-0.1, -0.05) is 0 Å². The Kier molecular flexibility index (Phi) is 4.36. The highest BCUT2D eigenvalue weighted by molar-refractivity contribution is 5.95. The van der Waals surface area contributed by atoms with Crippen molar-refractivity contribution >= 4 is 11.6 Å². The Balaban J connectivity index is 2.04. The third-order valence-electron chi connectivity index (χ3n) is 2.98. The molecule has 0 amide bonds. The van der Waals surface area contributed by atoms with Gasteiger partial charge in [-0.2, -0.15) is 0 Å². The first-order valence-electron chi connectivity index (χ1n) is 6.47. The van der Waals surface area contributed by atoms with Crippen molar-refractivity contribution in [3.05, 3.63) is 42.4 Å². The first-order valence-corrected chi connectivity index (χ1v) is 6.47. The van der Waals surface area contributed by atoms with E-state index in [-0.39, 0.29) is 5.82 Å². The summed E-state index contributed by atoms with van der Waals surface area (Å²) < 4.78 is 12.9. The molecule has 1 atom stereocenters. The Hall–Kier alpha value is -1.92. The van der Waals surface area contributed by atoms with Crippen LogP contribution in [0.3, 0.4) is 0 Å². The smallest absolute Gasteiger partial charge is 0.202 e. The third-order valence-corrected chi connectivity index (χ3v) is 2.98. The molecule has 1 aliphatic rings.